The molecule has 2 aromatic rings. The van der Waals surface area contributed by atoms with E-state index in [4.69, 9.17) is 0 Å². The molecule has 0 bridgehead atoms. The standard InChI is InChI=1S/C26H32N2O/c29-26(28-14-1-2-15-28)23-10-6-20(7-11-23)18-21-8-9-22-12-16-27(25-4-3-5-25)17-13-24(22)19-21/h6-11,19,25H,1-5,12-18H2. The molecule has 0 radical (unpaired) electrons. The number of hydrogen-bond acceptors (Lipinski definition) is 2. The number of likely N-dealkylation sites (tertiary alicyclic amines) is 1. The van der Waals surface area contributed by atoms with E-state index in [0.717, 1.165) is 44.0 Å². The minimum absolute atomic E-state index is 0.190. The minimum Gasteiger partial charge on any atom is -0.339 e. The van der Waals surface area contributed by atoms with Crippen LogP contribution in [0.25, 0.3) is 0 Å². The van der Waals surface area contributed by atoms with Crippen molar-refractivity contribution in [3.63, 3.8) is 0 Å². The largest absolute Gasteiger partial charge is 0.339 e. The summed E-state index contributed by atoms with van der Waals surface area (Å²) in [6.07, 6.45) is 9.82. The van der Waals surface area contributed by atoms with E-state index in [-0.39, 0.29) is 5.91 Å². The highest BCUT2D eigenvalue weighted by Crippen LogP contribution is 2.28. The maximum Gasteiger partial charge on any atom is 0.253 e. The summed E-state index contributed by atoms with van der Waals surface area (Å²) in [5, 5.41) is 0. The van der Waals surface area contributed by atoms with Crippen molar-refractivity contribution in [2.45, 2.75) is 57.4 Å². The summed E-state index contributed by atoms with van der Waals surface area (Å²) in [6, 6.07) is 16.2. The molecule has 29 heavy (non-hydrogen) atoms. The number of hydrogen-bond donors (Lipinski definition) is 0. The van der Waals surface area contributed by atoms with Crippen LogP contribution in [0.2, 0.25) is 0 Å². The van der Waals surface area contributed by atoms with Gasteiger partial charge in [0.05, 0.1) is 0 Å². The van der Waals surface area contributed by atoms with Crippen LogP contribution in [0.3, 0.4) is 0 Å². The lowest BCUT2D eigenvalue weighted by Gasteiger charge is -2.36. The molecule has 1 saturated heterocycles. The van der Waals surface area contributed by atoms with Gasteiger partial charge in [0.25, 0.3) is 5.91 Å². The highest BCUT2D eigenvalue weighted by molar-refractivity contribution is 5.94. The van der Waals surface area contributed by atoms with Crippen molar-refractivity contribution in [3.05, 3.63) is 70.3 Å². The smallest absolute Gasteiger partial charge is 0.253 e. The Morgan fingerprint density at radius 2 is 1.48 bits per heavy atom. The lowest BCUT2D eigenvalue weighted by Crippen LogP contribution is -2.41. The van der Waals surface area contributed by atoms with Crippen LogP contribution in [-0.2, 0) is 19.3 Å². The molecule has 2 fully saturated rings. The summed E-state index contributed by atoms with van der Waals surface area (Å²) in [7, 11) is 0. The van der Waals surface area contributed by atoms with E-state index in [9.17, 15) is 4.79 Å². The molecule has 3 nitrogen and oxygen atoms in total. The van der Waals surface area contributed by atoms with Gasteiger partial charge in [0.15, 0.2) is 0 Å². The monoisotopic (exact) mass is 388 g/mol. The van der Waals surface area contributed by atoms with Crippen molar-refractivity contribution in [2.75, 3.05) is 26.2 Å². The molecule has 2 aliphatic heterocycles. The van der Waals surface area contributed by atoms with Crippen LogP contribution in [0.1, 0.15) is 64.7 Å². The Labute approximate surface area is 174 Å². The van der Waals surface area contributed by atoms with Crippen molar-refractivity contribution < 1.29 is 4.79 Å². The van der Waals surface area contributed by atoms with Gasteiger partial charge in [0.2, 0.25) is 0 Å². The number of carbonyl (C=O) groups is 1. The Balaban J connectivity index is 1.24. The summed E-state index contributed by atoms with van der Waals surface area (Å²) < 4.78 is 0. The number of carbonyl (C=O) groups excluding carboxylic acids is 1. The Morgan fingerprint density at radius 1 is 0.793 bits per heavy atom. The maximum absolute atomic E-state index is 12.5. The van der Waals surface area contributed by atoms with Crippen LogP contribution in [0, 0.1) is 0 Å². The number of fused-ring (bicyclic) bond motifs is 1. The lowest BCUT2D eigenvalue weighted by molar-refractivity contribution is 0.0793. The number of benzene rings is 2. The third kappa shape index (κ3) is 4.11. The van der Waals surface area contributed by atoms with Gasteiger partial charge in [-0.3, -0.25) is 9.69 Å². The second kappa shape index (κ2) is 8.31. The van der Waals surface area contributed by atoms with Gasteiger partial charge in [-0.25, -0.2) is 0 Å². The fourth-order valence-electron chi connectivity index (χ4n) is 5.13. The van der Waals surface area contributed by atoms with Gasteiger partial charge in [-0.1, -0.05) is 36.8 Å². The Hall–Kier alpha value is -2.13. The molecule has 2 heterocycles. The fourth-order valence-corrected chi connectivity index (χ4v) is 5.13. The average Bonchev–Trinajstić information content (AvgIpc) is 3.17. The summed E-state index contributed by atoms with van der Waals surface area (Å²) >= 11 is 0. The van der Waals surface area contributed by atoms with Gasteiger partial charge in [-0.2, -0.15) is 0 Å². The second-order valence-corrected chi connectivity index (χ2v) is 9.10. The number of nitrogens with zero attached hydrogens (tertiary/aromatic N) is 2. The predicted octanol–water partition coefficient (Wildman–Crippen LogP) is 4.47. The van der Waals surface area contributed by atoms with E-state index < -0.39 is 0 Å². The minimum atomic E-state index is 0.190. The molecule has 0 aromatic heterocycles. The van der Waals surface area contributed by atoms with Crippen molar-refractivity contribution in [1.29, 1.82) is 0 Å². The summed E-state index contributed by atoms with van der Waals surface area (Å²) in [4.78, 5) is 17.2. The zero-order valence-electron chi connectivity index (χ0n) is 17.4. The van der Waals surface area contributed by atoms with Crippen molar-refractivity contribution in [3.8, 4) is 0 Å². The van der Waals surface area contributed by atoms with Gasteiger partial charge < -0.3 is 4.90 Å². The molecular formula is C26H32N2O. The van der Waals surface area contributed by atoms with E-state index in [1.165, 1.54) is 56.3 Å². The van der Waals surface area contributed by atoms with Crippen molar-refractivity contribution in [2.24, 2.45) is 0 Å². The van der Waals surface area contributed by atoms with Crippen LogP contribution < -0.4 is 0 Å². The molecule has 1 aliphatic carbocycles. The topological polar surface area (TPSA) is 23.6 Å². The van der Waals surface area contributed by atoms with Gasteiger partial charge in [0.1, 0.15) is 0 Å². The van der Waals surface area contributed by atoms with E-state index in [0.29, 0.717) is 0 Å². The number of rotatable bonds is 4. The average molecular weight is 389 g/mol. The first-order valence-corrected chi connectivity index (χ1v) is 11.5. The predicted molar refractivity (Wildman–Crippen MR) is 117 cm³/mol. The van der Waals surface area contributed by atoms with Crippen molar-refractivity contribution >= 4 is 5.91 Å². The molecule has 3 aliphatic rings. The zero-order valence-corrected chi connectivity index (χ0v) is 17.4. The van der Waals surface area contributed by atoms with E-state index in [1.807, 2.05) is 17.0 Å². The third-order valence-electron chi connectivity index (χ3n) is 7.20. The van der Waals surface area contributed by atoms with Gasteiger partial charge >= 0.3 is 0 Å². The van der Waals surface area contributed by atoms with Gasteiger partial charge in [-0.15, -0.1) is 0 Å². The molecule has 0 spiro atoms. The van der Waals surface area contributed by atoms with Gasteiger partial charge in [0, 0.05) is 37.8 Å². The maximum atomic E-state index is 12.5. The molecular weight excluding hydrogens is 356 g/mol. The van der Waals surface area contributed by atoms with Crippen LogP contribution in [0.5, 0.6) is 0 Å². The van der Waals surface area contributed by atoms with E-state index in [1.54, 1.807) is 11.1 Å². The molecule has 0 unspecified atom stereocenters. The molecule has 0 N–H and O–H groups in total. The van der Waals surface area contributed by atoms with Crippen molar-refractivity contribution in [1.82, 2.24) is 9.80 Å². The molecule has 152 valence electrons. The quantitative estimate of drug-likeness (QED) is 0.772. The van der Waals surface area contributed by atoms with Crippen LogP contribution in [-0.4, -0.2) is 47.9 Å². The first-order chi connectivity index (χ1) is 14.3. The van der Waals surface area contributed by atoms with E-state index in [2.05, 4.69) is 35.2 Å². The molecule has 1 amide bonds. The normalized spacial score (nSPS) is 20.2. The Kier molecular flexibility index (Phi) is 5.41. The summed E-state index contributed by atoms with van der Waals surface area (Å²) in [6.45, 7) is 4.26. The highest BCUT2D eigenvalue weighted by atomic mass is 16.2. The van der Waals surface area contributed by atoms with Crippen LogP contribution in [0.4, 0.5) is 0 Å². The van der Waals surface area contributed by atoms with Crippen LogP contribution >= 0.6 is 0 Å². The SMILES string of the molecule is O=C(c1ccc(Cc2ccc3c(c2)CCN(C2CCC2)CC3)cc1)N1CCCC1. The first-order valence-electron chi connectivity index (χ1n) is 11.5. The highest BCUT2D eigenvalue weighted by Gasteiger charge is 2.26. The summed E-state index contributed by atoms with van der Waals surface area (Å²) in [5.41, 5.74) is 6.59. The lowest BCUT2D eigenvalue weighted by atomic mass is 9.91. The fraction of sp³-hybridized carbons (Fsp3) is 0.500. The van der Waals surface area contributed by atoms with Crippen LogP contribution in [0.15, 0.2) is 42.5 Å². The Bertz CT molecular complexity index is 863. The molecule has 2 aromatic carbocycles. The summed E-state index contributed by atoms with van der Waals surface area (Å²) in [5.74, 6) is 0.190. The Morgan fingerprint density at radius 3 is 2.17 bits per heavy atom. The van der Waals surface area contributed by atoms with Gasteiger partial charge in [-0.05, 0) is 79.3 Å². The molecule has 1 saturated carbocycles. The second-order valence-electron chi connectivity index (χ2n) is 9.10. The number of amides is 1. The first kappa shape index (κ1) is 18.9. The zero-order chi connectivity index (χ0) is 19.6. The van der Waals surface area contributed by atoms with E-state index >= 15 is 0 Å². The molecule has 3 heteroatoms. The molecule has 5 rings (SSSR count). The molecule has 0 atom stereocenters. The third-order valence-corrected chi connectivity index (χ3v) is 7.20.